The van der Waals surface area contributed by atoms with Crippen LogP contribution in [0.25, 0.3) is 0 Å². The molecule has 1 aromatic carbocycles. The number of carbonyl (C=O) groups excluding carboxylic acids is 1. The fraction of sp³-hybridized carbons (Fsp3) is 0.417. The molecule has 1 fully saturated rings. The van der Waals surface area contributed by atoms with Crippen molar-refractivity contribution in [1.82, 2.24) is 10.2 Å². The summed E-state index contributed by atoms with van der Waals surface area (Å²) < 4.78 is 13.4. The second kappa shape index (κ2) is 5.43. The third-order valence-corrected chi connectivity index (χ3v) is 3.75. The molecule has 1 aromatic rings. The number of hydrogen-bond donors (Lipinski definition) is 1. The average molecular weight is 291 g/mol. The Morgan fingerprint density at radius 1 is 1.44 bits per heavy atom. The number of rotatable bonds is 2. The SMILES string of the molecule is CN(C(=O)c1cc(F)c(Cl)cc1Cl)C1CCNC1. The van der Waals surface area contributed by atoms with Gasteiger partial charge in [-0.1, -0.05) is 23.2 Å². The molecule has 1 amide bonds. The maximum absolute atomic E-state index is 13.4. The van der Waals surface area contributed by atoms with Gasteiger partial charge < -0.3 is 10.2 Å². The molecule has 0 spiro atoms. The van der Waals surface area contributed by atoms with Crippen molar-refractivity contribution in [1.29, 1.82) is 0 Å². The first-order chi connectivity index (χ1) is 8.50. The summed E-state index contributed by atoms with van der Waals surface area (Å²) in [6.07, 6.45) is 0.885. The molecule has 98 valence electrons. The third-order valence-electron chi connectivity index (χ3n) is 3.14. The van der Waals surface area contributed by atoms with Gasteiger partial charge in [0.15, 0.2) is 0 Å². The predicted octanol–water partition coefficient (Wildman–Crippen LogP) is 2.57. The zero-order chi connectivity index (χ0) is 13.3. The van der Waals surface area contributed by atoms with Crippen molar-refractivity contribution in [2.24, 2.45) is 0 Å². The van der Waals surface area contributed by atoms with Crippen LogP contribution in [0.2, 0.25) is 10.0 Å². The van der Waals surface area contributed by atoms with E-state index in [-0.39, 0.29) is 27.6 Å². The molecule has 1 unspecified atom stereocenters. The van der Waals surface area contributed by atoms with Crippen LogP contribution < -0.4 is 5.32 Å². The predicted molar refractivity (Wildman–Crippen MR) is 69.8 cm³/mol. The molecule has 0 radical (unpaired) electrons. The van der Waals surface area contributed by atoms with E-state index in [2.05, 4.69) is 5.32 Å². The first-order valence-corrected chi connectivity index (χ1v) is 6.38. The molecule has 0 saturated carbocycles. The molecule has 1 N–H and O–H groups in total. The molecule has 1 aliphatic rings. The standard InChI is InChI=1S/C12H13Cl2FN2O/c1-17(7-2-3-16-6-7)12(18)8-4-11(15)10(14)5-9(8)13/h4-5,7,16H,2-3,6H2,1H3. The Morgan fingerprint density at radius 2 is 2.17 bits per heavy atom. The van der Waals surface area contributed by atoms with E-state index in [1.807, 2.05) is 0 Å². The summed E-state index contributed by atoms with van der Waals surface area (Å²) in [4.78, 5) is 13.8. The van der Waals surface area contributed by atoms with Gasteiger partial charge in [-0.25, -0.2) is 4.39 Å². The summed E-state index contributed by atoms with van der Waals surface area (Å²) in [6, 6.07) is 2.46. The Balaban J connectivity index is 2.25. The highest BCUT2D eigenvalue weighted by Gasteiger charge is 2.25. The Morgan fingerprint density at radius 3 is 2.78 bits per heavy atom. The van der Waals surface area contributed by atoms with E-state index < -0.39 is 5.82 Å². The highest BCUT2D eigenvalue weighted by atomic mass is 35.5. The smallest absolute Gasteiger partial charge is 0.255 e. The minimum atomic E-state index is -0.637. The van der Waals surface area contributed by atoms with Crippen LogP contribution in [0.4, 0.5) is 4.39 Å². The number of hydrogen-bond acceptors (Lipinski definition) is 2. The quantitative estimate of drug-likeness (QED) is 0.849. The summed E-state index contributed by atoms with van der Waals surface area (Å²) >= 11 is 11.5. The fourth-order valence-corrected chi connectivity index (χ4v) is 2.48. The summed E-state index contributed by atoms with van der Waals surface area (Å²) in [5.74, 6) is -0.924. The van der Waals surface area contributed by atoms with Crippen molar-refractivity contribution in [2.45, 2.75) is 12.5 Å². The highest BCUT2D eigenvalue weighted by Crippen LogP contribution is 2.26. The molecular formula is C12H13Cl2FN2O. The van der Waals surface area contributed by atoms with Crippen molar-refractivity contribution in [3.8, 4) is 0 Å². The first-order valence-electron chi connectivity index (χ1n) is 5.63. The van der Waals surface area contributed by atoms with Gasteiger partial charge in [-0.05, 0) is 25.1 Å². The minimum absolute atomic E-state index is 0.0817. The lowest BCUT2D eigenvalue weighted by Gasteiger charge is -2.24. The second-order valence-corrected chi connectivity index (χ2v) is 5.12. The molecule has 3 nitrogen and oxygen atoms in total. The number of halogens is 3. The van der Waals surface area contributed by atoms with Crippen molar-refractivity contribution in [2.75, 3.05) is 20.1 Å². The molecule has 2 rings (SSSR count). The van der Waals surface area contributed by atoms with Gasteiger partial charge in [0.25, 0.3) is 5.91 Å². The van der Waals surface area contributed by atoms with Crippen LogP contribution in [-0.2, 0) is 0 Å². The molecule has 1 aliphatic heterocycles. The normalized spacial score (nSPS) is 19.0. The molecule has 0 aromatic heterocycles. The van der Waals surface area contributed by atoms with Gasteiger partial charge in [0.05, 0.1) is 15.6 Å². The monoisotopic (exact) mass is 290 g/mol. The van der Waals surface area contributed by atoms with Crippen LogP contribution in [-0.4, -0.2) is 37.0 Å². The summed E-state index contributed by atoms with van der Waals surface area (Å²) in [7, 11) is 1.70. The number of carbonyl (C=O) groups is 1. The van der Waals surface area contributed by atoms with Crippen molar-refractivity contribution < 1.29 is 9.18 Å². The highest BCUT2D eigenvalue weighted by molar-refractivity contribution is 6.36. The van der Waals surface area contributed by atoms with Crippen LogP contribution in [0.1, 0.15) is 16.8 Å². The Kier molecular flexibility index (Phi) is 4.10. The molecule has 18 heavy (non-hydrogen) atoms. The van der Waals surface area contributed by atoms with E-state index in [0.717, 1.165) is 25.6 Å². The maximum atomic E-state index is 13.4. The van der Waals surface area contributed by atoms with E-state index in [1.54, 1.807) is 11.9 Å². The van der Waals surface area contributed by atoms with Crippen LogP contribution in [0, 0.1) is 5.82 Å². The maximum Gasteiger partial charge on any atom is 0.255 e. The number of amides is 1. The molecule has 0 bridgehead atoms. The third kappa shape index (κ3) is 2.60. The van der Waals surface area contributed by atoms with E-state index >= 15 is 0 Å². The van der Waals surface area contributed by atoms with E-state index in [9.17, 15) is 9.18 Å². The van der Waals surface area contributed by atoms with E-state index in [4.69, 9.17) is 23.2 Å². The number of benzene rings is 1. The first kappa shape index (κ1) is 13.6. The van der Waals surface area contributed by atoms with Crippen molar-refractivity contribution >= 4 is 29.1 Å². The van der Waals surface area contributed by atoms with Gasteiger partial charge in [-0.15, -0.1) is 0 Å². The Labute approximate surface area is 115 Å². The van der Waals surface area contributed by atoms with Crippen LogP contribution in [0.15, 0.2) is 12.1 Å². The van der Waals surface area contributed by atoms with Gasteiger partial charge in [-0.2, -0.15) is 0 Å². The van der Waals surface area contributed by atoms with Crippen LogP contribution >= 0.6 is 23.2 Å². The van der Waals surface area contributed by atoms with Crippen molar-refractivity contribution in [3.05, 3.63) is 33.6 Å². The van der Waals surface area contributed by atoms with E-state index in [1.165, 1.54) is 6.07 Å². The molecule has 1 heterocycles. The van der Waals surface area contributed by atoms with E-state index in [0.29, 0.717) is 0 Å². The number of nitrogens with zero attached hydrogens (tertiary/aromatic N) is 1. The lowest BCUT2D eigenvalue weighted by molar-refractivity contribution is 0.0743. The van der Waals surface area contributed by atoms with Crippen molar-refractivity contribution in [3.63, 3.8) is 0 Å². The summed E-state index contributed by atoms with van der Waals surface area (Å²) in [6.45, 7) is 1.63. The van der Waals surface area contributed by atoms with Gasteiger partial charge in [0.1, 0.15) is 5.82 Å². The summed E-state index contributed by atoms with van der Waals surface area (Å²) in [5.41, 5.74) is 0.146. The van der Waals surface area contributed by atoms with Crippen LogP contribution in [0.3, 0.4) is 0 Å². The number of likely N-dealkylation sites (N-methyl/N-ethyl adjacent to an activating group) is 1. The molecule has 1 atom stereocenters. The lowest BCUT2D eigenvalue weighted by Crippen LogP contribution is -2.38. The molecule has 1 saturated heterocycles. The average Bonchev–Trinajstić information content (AvgIpc) is 2.85. The number of nitrogens with one attached hydrogen (secondary N) is 1. The Bertz CT molecular complexity index is 475. The molecule has 6 heteroatoms. The minimum Gasteiger partial charge on any atom is -0.337 e. The zero-order valence-corrected chi connectivity index (χ0v) is 11.4. The van der Waals surface area contributed by atoms with Gasteiger partial charge in [0.2, 0.25) is 0 Å². The fourth-order valence-electron chi connectivity index (χ4n) is 2.01. The van der Waals surface area contributed by atoms with Crippen LogP contribution in [0.5, 0.6) is 0 Å². The molecular weight excluding hydrogens is 278 g/mol. The topological polar surface area (TPSA) is 32.3 Å². The summed E-state index contributed by atoms with van der Waals surface area (Å²) in [5, 5.41) is 3.26. The van der Waals surface area contributed by atoms with Gasteiger partial charge in [-0.3, -0.25) is 4.79 Å². The second-order valence-electron chi connectivity index (χ2n) is 4.31. The van der Waals surface area contributed by atoms with Gasteiger partial charge >= 0.3 is 0 Å². The largest absolute Gasteiger partial charge is 0.337 e. The zero-order valence-electron chi connectivity index (χ0n) is 9.84. The van der Waals surface area contributed by atoms with Gasteiger partial charge in [0, 0.05) is 19.6 Å². The molecule has 0 aliphatic carbocycles. The Hall–Kier alpha value is -0.840. The lowest BCUT2D eigenvalue weighted by atomic mass is 10.1.